The van der Waals surface area contributed by atoms with Gasteiger partial charge in [0.1, 0.15) is 18.5 Å². The minimum atomic E-state index is -0.905. The van der Waals surface area contributed by atoms with E-state index in [2.05, 4.69) is 0 Å². The lowest BCUT2D eigenvalue weighted by Crippen LogP contribution is -2.14. The lowest BCUT2D eigenvalue weighted by Gasteiger charge is -2.17. The van der Waals surface area contributed by atoms with Crippen LogP contribution in [0.5, 0.6) is 5.75 Å². The molecule has 1 N–H and O–H groups in total. The molecule has 6 heteroatoms. The van der Waals surface area contributed by atoms with Crippen LogP contribution in [0.25, 0.3) is 10.9 Å². The molecule has 1 heterocycles. The summed E-state index contributed by atoms with van der Waals surface area (Å²) < 4.78 is 13.0. The number of benzene rings is 3. The van der Waals surface area contributed by atoms with Gasteiger partial charge in [-0.1, -0.05) is 42.5 Å². The van der Waals surface area contributed by atoms with E-state index in [1.54, 1.807) is 48.1 Å². The second-order valence-electron chi connectivity index (χ2n) is 7.82. The van der Waals surface area contributed by atoms with Gasteiger partial charge in [0, 0.05) is 23.8 Å². The molecule has 0 radical (unpaired) electrons. The smallest absolute Gasteiger partial charge is 0.307 e. The number of hydrogen-bond acceptors (Lipinski definition) is 4. The molecular formula is C27H25NO5. The normalized spacial score (nSPS) is 11.9. The second-order valence-corrected chi connectivity index (χ2v) is 7.82. The molecule has 0 aliphatic rings. The van der Waals surface area contributed by atoms with Gasteiger partial charge in [-0.25, -0.2) is 0 Å². The van der Waals surface area contributed by atoms with Gasteiger partial charge in [-0.2, -0.15) is 0 Å². The van der Waals surface area contributed by atoms with E-state index in [9.17, 15) is 14.7 Å². The Kier molecular flexibility index (Phi) is 6.56. The van der Waals surface area contributed by atoms with Crippen LogP contribution in [0.1, 0.15) is 33.3 Å². The van der Waals surface area contributed by atoms with Crippen molar-refractivity contribution in [2.24, 2.45) is 0 Å². The Morgan fingerprint density at radius 2 is 1.70 bits per heavy atom. The van der Waals surface area contributed by atoms with E-state index in [4.69, 9.17) is 9.47 Å². The fourth-order valence-electron chi connectivity index (χ4n) is 3.97. The predicted molar refractivity (Wildman–Crippen MR) is 126 cm³/mol. The number of aromatic nitrogens is 1. The molecule has 0 aliphatic heterocycles. The minimum absolute atomic E-state index is 0.0908. The first-order valence-corrected chi connectivity index (χ1v) is 10.6. The highest BCUT2D eigenvalue weighted by atomic mass is 16.5. The minimum Gasteiger partial charge on any atom is -0.491 e. The first-order chi connectivity index (χ1) is 16.0. The number of rotatable bonds is 8. The Morgan fingerprint density at radius 3 is 2.36 bits per heavy atom. The molecule has 6 nitrogen and oxygen atoms in total. The summed E-state index contributed by atoms with van der Waals surface area (Å²) in [6.07, 6.45) is -0.284. The lowest BCUT2D eigenvalue weighted by atomic mass is 10.1. The van der Waals surface area contributed by atoms with Gasteiger partial charge >= 0.3 is 5.97 Å². The summed E-state index contributed by atoms with van der Waals surface area (Å²) in [5.74, 6) is -0.444. The molecule has 0 saturated heterocycles. The Morgan fingerprint density at radius 1 is 0.970 bits per heavy atom. The molecule has 1 aromatic heterocycles. The first kappa shape index (κ1) is 22.3. The molecule has 4 aromatic rings. The topological polar surface area (TPSA) is 77.8 Å². The summed E-state index contributed by atoms with van der Waals surface area (Å²) in [6, 6.07) is 24.1. The van der Waals surface area contributed by atoms with Crippen molar-refractivity contribution < 1.29 is 24.2 Å². The second kappa shape index (κ2) is 9.71. The van der Waals surface area contributed by atoms with E-state index in [0.717, 1.165) is 16.6 Å². The van der Waals surface area contributed by atoms with Gasteiger partial charge in [0.05, 0.1) is 11.9 Å². The van der Waals surface area contributed by atoms with Gasteiger partial charge in [0.25, 0.3) is 5.91 Å². The molecule has 33 heavy (non-hydrogen) atoms. The highest BCUT2D eigenvalue weighted by molar-refractivity contribution is 6.04. The average Bonchev–Trinajstić information content (AvgIpc) is 3.16. The fraction of sp³-hybridized carbons (Fsp3) is 0.185. The molecule has 3 aromatic carbocycles. The average molecular weight is 443 g/mol. The third kappa shape index (κ3) is 4.81. The number of nitrogens with zero attached hydrogens (tertiary/aromatic N) is 1. The summed E-state index contributed by atoms with van der Waals surface area (Å²) in [4.78, 5) is 24.5. The zero-order chi connectivity index (χ0) is 23.4. The Labute approximate surface area is 192 Å². The van der Waals surface area contributed by atoms with Crippen LogP contribution in [0.2, 0.25) is 0 Å². The number of aliphatic carboxylic acids is 1. The monoisotopic (exact) mass is 443 g/mol. The van der Waals surface area contributed by atoms with Crippen LogP contribution < -0.4 is 4.74 Å². The number of carboxylic acid groups (broad SMARTS) is 1. The quantitative estimate of drug-likeness (QED) is 0.413. The zero-order valence-corrected chi connectivity index (χ0v) is 18.5. The van der Waals surface area contributed by atoms with Crippen molar-refractivity contribution in [1.29, 1.82) is 0 Å². The number of carboxylic acids is 1. The fourth-order valence-corrected chi connectivity index (χ4v) is 3.97. The predicted octanol–water partition coefficient (Wildman–Crippen LogP) is 5.03. The molecule has 4 rings (SSSR count). The van der Waals surface area contributed by atoms with Crippen molar-refractivity contribution in [3.05, 3.63) is 101 Å². The van der Waals surface area contributed by atoms with Crippen molar-refractivity contribution in [2.45, 2.75) is 19.4 Å². The number of carbonyl (C=O) groups is 2. The summed E-state index contributed by atoms with van der Waals surface area (Å²) in [6.45, 7) is 2.19. The van der Waals surface area contributed by atoms with E-state index in [0.29, 0.717) is 29.0 Å². The summed E-state index contributed by atoms with van der Waals surface area (Å²) in [5.41, 5.74) is 3.67. The highest BCUT2D eigenvalue weighted by Crippen LogP contribution is 2.26. The van der Waals surface area contributed by atoms with Crippen molar-refractivity contribution >= 4 is 22.8 Å². The van der Waals surface area contributed by atoms with Crippen LogP contribution in [-0.2, 0) is 16.0 Å². The molecule has 168 valence electrons. The van der Waals surface area contributed by atoms with Gasteiger partial charge in [-0.3, -0.25) is 14.2 Å². The van der Waals surface area contributed by atoms with Crippen LogP contribution in [0.4, 0.5) is 0 Å². The molecule has 1 unspecified atom stereocenters. The van der Waals surface area contributed by atoms with E-state index in [-0.39, 0.29) is 18.4 Å². The number of fused-ring (bicyclic) bond motifs is 1. The number of aryl methyl sites for hydroxylation is 1. The van der Waals surface area contributed by atoms with Crippen LogP contribution in [0, 0.1) is 6.92 Å². The molecule has 0 fully saturated rings. The van der Waals surface area contributed by atoms with Crippen molar-refractivity contribution in [2.75, 3.05) is 13.7 Å². The third-order valence-electron chi connectivity index (χ3n) is 5.62. The van der Waals surface area contributed by atoms with Crippen molar-refractivity contribution in [3.8, 4) is 5.75 Å². The standard InChI is InChI=1S/C27H25NO5/c1-18-15-23-21(16-26(29)30)9-6-10-24(23)28(18)27(31)20-11-13-22(14-12-20)33-17-25(32-2)19-7-4-3-5-8-19/h3-15,25H,16-17H2,1-2H3,(H,29,30). The molecule has 0 bridgehead atoms. The maximum Gasteiger partial charge on any atom is 0.307 e. The molecule has 1 atom stereocenters. The van der Waals surface area contributed by atoms with Crippen LogP contribution in [0.15, 0.2) is 78.9 Å². The van der Waals surface area contributed by atoms with Gasteiger partial charge in [0.15, 0.2) is 0 Å². The summed E-state index contributed by atoms with van der Waals surface area (Å²) in [5, 5.41) is 9.96. The van der Waals surface area contributed by atoms with Gasteiger partial charge in [0.2, 0.25) is 0 Å². The third-order valence-corrected chi connectivity index (χ3v) is 5.62. The number of hydrogen-bond donors (Lipinski definition) is 1. The molecule has 0 amide bonds. The SMILES string of the molecule is COC(COc1ccc(C(=O)n2c(C)cc3c(CC(=O)O)cccc32)cc1)c1ccccc1. The largest absolute Gasteiger partial charge is 0.491 e. The Bertz CT molecular complexity index is 1280. The maximum absolute atomic E-state index is 13.3. The van der Waals surface area contributed by atoms with Gasteiger partial charge in [-0.05, 0) is 54.4 Å². The van der Waals surface area contributed by atoms with Gasteiger partial charge in [-0.15, -0.1) is 0 Å². The maximum atomic E-state index is 13.3. The van der Waals surface area contributed by atoms with Crippen LogP contribution >= 0.6 is 0 Å². The van der Waals surface area contributed by atoms with Crippen molar-refractivity contribution in [3.63, 3.8) is 0 Å². The Hall–Kier alpha value is -3.90. The zero-order valence-electron chi connectivity index (χ0n) is 18.5. The van der Waals surface area contributed by atoms with E-state index in [1.807, 2.05) is 49.4 Å². The van der Waals surface area contributed by atoms with Crippen molar-refractivity contribution in [1.82, 2.24) is 4.57 Å². The summed E-state index contributed by atoms with van der Waals surface area (Å²) >= 11 is 0. The molecule has 0 saturated carbocycles. The van der Waals surface area contributed by atoms with Crippen LogP contribution in [-0.4, -0.2) is 35.3 Å². The first-order valence-electron chi connectivity index (χ1n) is 10.6. The lowest BCUT2D eigenvalue weighted by molar-refractivity contribution is -0.136. The van der Waals surface area contributed by atoms with E-state index in [1.165, 1.54) is 0 Å². The summed E-state index contributed by atoms with van der Waals surface area (Å²) in [7, 11) is 1.65. The number of methoxy groups -OCH3 is 1. The number of carbonyl (C=O) groups excluding carboxylic acids is 1. The highest BCUT2D eigenvalue weighted by Gasteiger charge is 2.18. The molecular weight excluding hydrogens is 418 g/mol. The van der Waals surface area contributed by atoms with Gasteiger partial charge < -0.3 is 14.6 Å². The number of ether oxygens (including phenoxy) is 2. The molecule has 0 spiro atoms. The Balaban J connectivity index is 1.52. The van der Waals surface area contributed by atoms with E-state index < -0.39 is 5.97 Å². The van der Waals surface area contributed by atoms with Crippen LogP contribution in [0.3, 0.4) is 0 Å². The van der Waals surface area contributed by atoms with E-state index >= 15 is 0 Å². The molecule has 0 aliphatic carbocycles.